The monoisotopic (exact) mass is 194 g/mol. The van der Waals surface area contributed by atoms with Gasteiger partial charge in [0.05, 0.1) is 5.71 Å². The largest absolute Gasteiger partial charge is 0.410 e. The van der Waals surface area contributed by atoms with Crippen molar-refractivity contribution in [2.45, 2.75) is 6.92 Å². The lowest BCUT2D eigenvalue weighted by molar-refractivity contribution is 0.321. The molecule has 0 aromatic rings. The van der Waals surface area contributed by atoms with Gasteiger partial charge in [-0.05, 0) is 19.1 Å². The predicted molar refractivity (Wildman–Crippen MR) is 48.1 cm³/mol. The van der Waals surface area contributed by atoms with Gasteiger partial charge in [0, 0.05) is 0 Å². The van der Waals surface area contributed by atoms with E-state index in [1.807, 2.05) is 0 Å². The predicted octanol–water partition coefficient (Wildman–Crippen LogP) is 0.222. The molecule has 5 nitrogen and oxygen atoms in total. The Hall–Kier alpha value is -0.880. The number of hydrogen-bond acceptors (Lipinski definition) is 4. The standard InChI is InChI=1S/C4H7ClN4OS/c1-2(3(5)9-10)7-8-4(6)11/h10H,1H3,(H3,6,8,11)/b7-2+,9-3-. The van der Waals surface area contributed by atoms with Gasteiger partial charge in [0.25, 0.3) is 0 Å². The Kier molecular flexibility index (Phi) is 4.47. The van der Waals surface area contributed by atoms with Gasteiger partial charge >= 0.3 is 0 Å². The zero-order valence-corrected chi connectivity index (χ0v) is 7.28. The minimum absolute atomic E-state index is 0.0201. The van der Waals surface area contributed by atoms with Crippen molar-refractivity contribution in [3.8, 4) is 0 Å². The van der Waals surface area contributed by atoms with Gasteiger partial charge in [-0.3, -0.25) is 5.43 Å². The molecule has 0 aromatic carbocycles. The molecule has 4 N–H and O–H groups in total. The minimum atomic E-state index is -0.117. The maximum atomic E-state index is 8.15. The number of oxime groups is 1. The van der Waals surface area contributed by atoms with Crippen molar-refractivity contribution >= 4 is 39.8 Å². The number of nitrogens with two attached hydrogens (primary N) is 1. The van der Waals surface area contributed by atoms with Crippen molar-refractivity contribution in [2.75, 3.05) is 0 Å². The topological polar surface area (TPSA) is 83.0 Å². The quantitative estimate of drug-likeness (QED) is 0.254. The van der Waals surface area contributed by atoms with Crippen molar-refractivity contribution in [1.82, 2.24) is 5.43 Å². The highest BCUT2D eigenvalue weighted by molar-refractivity contribution is 7.80. The summed E-state index contributed by atoms with van der Waals surface area (Å²) in [4.78, 5) is 0. The fraction of sp³-hybridized carbons (Fsp3) is 0.250. The van der Waals surface area contributed by atoms with Crippen LogP contribution < -0.4 is 11.2 Å². The molecule has 7 heteroatoms. The average Bonchev–Trinajstić information content (AvgIpc) is 1.98. The van der Waals surface area contributed by atoms with Crippen LogP contribution in [0.15, 0.2) is 10.3 Å². The van der Waals surface area contributed by atoms with Crippen LogP contribution in [0, 0.1) is 0 Å². The lowest BCUT2D eigenvalue weighted by atomic mass is 10.5. The van der Waals surface area contributed by atoms with Crippen LogP contribution in [0.1, 0.15) is 6.92 Å². The van der Waals surface area contributed by atoms with E-state index in [1.165, 1.54) is 6.92 Å². The summed E-state index contributed by atoms with van der Waals surface area (Å²) >= 11 is 9.80. The van der Waals surface area contributed by atoms with Crippen LogP contribution in [0.25, 0.3) is 0 Å². The number of halogens is 1. The summed E-state index contributed by atoms with van der Waals surface area (Å²) < 4.78 is 0. The fourth-order valence-electron chi connectivity index (χ4n) is 0.257. The summed E-state index contributed by atoms with van der Waals surface area (Å²) in [6.45, 7) is 1.54. The van der Waals surface area contributed by atoms with Gasteiger partial charge in [0.2, 0.25) is 0 Å². The van der Waals surface area contributed by atoms with Gasteiger partial charge in [-0.15, -0.1) is 0 Å². The van der Waals surface area contributed by atoms with Crippen LogP contribution >= 0.6 is 23.8 Å². The molecular formula is C4H7ClN4OS. The molecule has 0 saturated heterocycles. The van der Waals surface area contributed by atoms with E-state index in [4.69, 9.17) is 22.5 Å². The summed E-state index contributed by atoms with van der Waals surface area (Å²) in [5.41, 5.74) is 7.62. The van der Waals surface area contributed by atoms with Crippen LogP contribution in [0.5, 0.6) is 0 Å². The Balaban J connectivity index is 4.12. The van der Waals surface area contributed by atoms with Gasteiger partial charge in [-0.1, -0.05) is 16.8 Å². The van der Waals surface area contributed by atoms with E-state index in [-0.39, 0.29) is 10.3 Å². The first-order chi connectivity index (χ1) is 5.07. The second kappa shape index (κ2) is 4.86. The van der Waals surface area contributed by atoms with Crippen LogP contribution in [0.2, 0.25) is 0 Å². The number of rotatable bonds is 2. The summed E-state index contributed by atoms with van der Waals surface area (Å²) in [7, 11) is 0. The van der Waals surface area contributed by atoms with Gasteiger partial charge in [0.15, 0.2) is 10.3 Å². The highest BCUT2D eigenvalue weighted by Gasteiger charge is 1.98. The maximum Gasteiger partial charge on any atom is 0.191 e. The number of thiocarbonyl (C=S) groups is 1. The van der Waals surface area contributed by atoms with E-state index >= 15 is 0 Å². The van der Waals surface area contributed by atoms with E-state index < -0.39 is 0 Å². The fourth-order valence-corrected chi connectivity index (χ4v) is 0.345. The smallest absolute Gasteiger partial charge is 0.191 e. The van der Waals surface area contributed by atoms with E-state index in [9.17, 15) is 0 Å². The molecule has 0 atom stereocenters. The first-order valence-electron chi connectivity index (χ1n) is 2.55. The molecule has 0 spiro atoms. The lowest BCUT2D eigenvalue weighted by Crippen LogP contribution is -2.25. The van der Waals surface area contributed by atoms with Crippen LogP contribution in [-0.4, -0.2) is 21.2 Å². The normalized spacial score (nSPS) is 12.9. The van der Waals surface area contributed by atoms with Gasteiger partial charge < -0.3 is 10.9 Å². The highest BCUT2D eigenvalue weighted by atomic mass is 35.5. The van der Waals surface area contributed by atoms with E-state index in [0.717, 1.165) is 0 Å². The second-order valence-electron chi connectivity index (χ2n) is 1.56. The summed E-state index contributed by atoms with van der Waals surface area (Å²) in [6.07, 6.45) is 0. The van der Waals surface area contributed by atoms with Crippen molar-refractivity contribution in [3.05, 3.63) is 0 Å². The number of nitrogens with one attached hydrogen (secondary N) is 1. The molecule has 0 aromatic heterocycles. The van der Waals surface area contributed by atoms with Crippen molar-refractivity contribution in [3.63, 3.8) is 0 Å². The maximum absolute atomic E-state index is 8.15. The Morgan fingerprint density at radius 1 is 1.73 bits per heavy atom. The molecule has 11 heavy (non-hydrogen) atoms. The zero-order valence-electron chi connectivity index (χ0n) is 5.71. The molecule has 0 heterocycles. The van der Waals surface area contributed by atoms with Gasteiger partial charge in [-0.25, -0.2) is 0 Å². The lowest BCUT2D eigenvalue weighted by Gasteiger charge is -1.96. The summed E-state index contributed by atoms with van der Waals surface area (Å²) in [6, 6.07) is 0. The second-order valence-corrected chi connectivity index (χ2v) is 2.36. The molecule has 0 aliphatic heterocycles. The average molecular weight is 195 g/mol. The molecule has 0 aliphatic carbocycles. The summed E-state index contributed by atoms with van der Waals surface area (Å²) in [5.74, 6) is 0. The Labute approximate surface area is 73.9 Å². The third kappa shape index (κ3) is 4.51. The van der Waals surface area contributed by atoms with Gasteiger partial charge in [-0.2, -0.15) is 5.10 Å². The Morgan fingerprint density at radius 3 is 2.64 bits per heavy atom. The van der Waals surface area contributed by atoms with E-state index in [0.29, 0.717) is 5.71 Å². The van der Waals surface area contributed by atoms with E-state index in [1.54, 1.807) is 0 Å². The molecule has 0 radical (unpaired) electrons. The third-order valence-electron chi connectivity index (χ3n) is 0.720. The van der Waals surface area contributed by atoms with Crippen molar-refractivity contribution < 1.29 is 5.21 Å². The number of nitrogens with zero attached hydrogens (tertiary/aromatic N) is 2. The number of hydrazone groups is 1. The molecule has 0 saturated carbocycles. The van der Waals surface area contributed by atoms with Crippen molar-refractivity contribution in [2.24, 2.45) is 16.0 Å². The molecule has 0 fully saturated rings. The van der Waals surface area contributed by atoms with Crippen LogP contribution in [-0.2, 0) is 0 Å². The Bertz CT molecular complexity index is 214. The third-order valence-corrected chi connectivity index (χ3v) is 1.16. The molecule has 0 bridgehead atoms. The molecule has 0 amide bonds. The SMILES string of the molecule is CC(=N\NC(N)=S)/C(Cl)=N/O. The van der Waals surface area contributed by atoms with Crippen LogP contribution in [0.4, 0.5) is 0 Å². The highest BCUT2D eigenvalue weighted by Crippen LogP contribution is 1.87. The van der Waals surface area contributed by atoms with Crippen LogP contribution in [0.3, 0.4) is 0 Å². The van der Waals surface area contributed by atoms with E-state index in [2.05, 4.69) is 27.9 Å². The molecular weight excluding hydrogens is 188 g/mol. The number of hydrogen-bond donors (Lipinski definition) is 3. The molecule has 62 valence electrons. The first kappa shape index (κ1) is 10.1. The zero-order chi connectivity index (χ0) is 8.85. The molecule has 0 aliphatic rings. The summed E-state index contributed by atoms with van der Waals surface area (Å²) in [5, 5.41) is 14.3. The first-order valence-corrected chi connectivity index (χ1v) is 3.34. The van der Waals surface area contributed by atoms with Crippen molar-refractivity contribution in [1.29, 1.82) is 0 Å². The molecule has 0 unspecified atom stereocenters. The van der Waals surface area contributed by atoms with Gasteiger partial charge in [0.1, 0.15) is 0 Å². The molecule has 0 rings (SSSR count). The Morgan fingerprint density at radius 2 is 2.27 bits per heavy atom. The minimum Gasteiger partial charge on any atom is -0.410 e.